The number of nitriles is 1. The largest absolute Gasteiger partial charge is 0.475 e. The van der Waals surface area contributed by atoms with E-state index in [-0.39, 0.29) is 41.9 Å². The number of ether oxygens (including phenoxy) is 2. The highest BCUT2D eigenvalue weighted by atomic mass is 19.4. The summed E-state index contributed by atoms with van der Waals surface area (Å²) in [6.07, 6.45) is -2.07. The molecule has 0 spiro atoms. The highest BCUT2D eigenvalue weighted by Gasteiger charge is 2.59. The fourth-order valence-electron chi connectivity index (χ4n) is 4.64. The van der Waals surface area contributed by atoms with Crippen LogP contribution in [0.25, 0.3) is 16.6 Å². The molecule has 2 amide bonds. The minimum Gasteiger partial charge on any atom is -0.475 e. The van der Waals surface area contributed by atoms with Gasteiger partial charge >= 0.3 is 12.3 Å². The first-order chi connectivity index (χ1) is 19.3. The van der Waals surface area contributed by atoms with Crippen molar-refractivity contribution in [3.63, 3.8) is 0 Å². The van der Waals surface area contributed by atoms with Crippen LogP contribution in [-0.2, 0) is 9.53 Å². The molecular weight excluding hydrogens is 541 g/mol. The van der Waals surface area contributed by atoms with Crippen LogP contribution < -0.4 is 10.1 Å². The molecule has 1 aliphatic carbocycles. The second-order valence-corrected chi connectivity index (χ2v) is 11.3. The lowest BCUT2D eigenvalue weighted by molar-refractivity contribution is -0.260. The predicted octanol–water partition coefficient (Wildman–Crippen LogP) is 5.33. The summed E-state index contributed by atoms with van der Waals surface area (Å²) < 4.78 is 56.3. The number of hydrogen-bond donors (Lipinski definition) is 1. The van der Waals surface area contributed by atoms with Crippen molar-refractivity contribution in [1.29, 1.82) is 5.26 Å². The van der Waals surface area contributed by atoms with E-state index in [0.717, 1.165) is 19.0 Å². The van der Waals surface area contributed by atoms with Crippen molar-refractivity contribution in [3.8, 4) is 22.9 Å². The Kier molecular flexibility index (Phi) is 7.05. The lowest BCUT2D eigenvalue weighted by Gasteiger charge is -2.42. The summed E-state index contributed by atoms with van der Waals surface area (Å²) in [4.78, 5) is 29.8. The number of piperidine rings is 1. The Morgan fingerprint density at radius 1 is 1.15 bits per heavy atom. The summed E-state index contributed by atoms with van der Waals surface area (Å²) in [5, 5.41) is 16.5. The minimum atomic E-state index is -4.76. The SMILES string of the molecule is CC(C)(C)OC(=O)N1CCC(Oc2cnc(C#N)cc2-c2ccn3nc(NC(=O)C4CC4)cc3c2)(C(F)(F)F)CC1. The summed E-state index contributed by atoms with van der Waals surface area (Å²) in [5.41, 5.74) is -2.09. The standard InChI is InChI=1S/C28H29F3N6O4/c1-26(2,3)41-25(39)36-10-7-27(8-11-36,28(29,30)31)40-22-16-33-19(15-32)13-21(22)18-6-9-37-20(12-18)14-23(35-37)34-24(38)17-4-5-17/h6,9,12-14,16-17H,4-5,7-8,10-11H2,1-3H3,(H,34,35,38). The molecule has 0 atom stereocenters. The molecular formula is C28H29F3N6O4. The van der Waals surface area contributed by atoms with Crippen LogP contribution in [0, 0.1) is 17.2 Å². The van der Waals surface area contributed by atoms with Crippen molar-refractivity contribution in [2.75, 3.05) is 18.4 Å². The van der Waals surface area contributed by atoms with E-state index in [9.17, 15) is 28.0 Å². The maximum atomic E-state index is 14.6. The number of fused-ring (bicyclic) bond motifs is 1. The van der Waals surface area contributed by atoms with Crippen LogP contribution in [0.4, 0.5) is 23.8 Å². The highest BCUT2D eigenvalue weighted by Crippen LogP contribution is 2.44. The molecule has 0 aromatic carbocycles. The van der Waals surface area contributed by atoms with Crippen molar-refractivity contribution in [2.24, 2.45) is 5.92 Å². The highest BCUT2D eigenvalue weighted by molar-refractivity contribution is 5.93. The Hall–Kier alpha value is -4.34. The van der Waals surface area contributed by atoms with Gasteiger partial charge in [0.1, 0.15) is 23.1 Å². The van der Waals surface area contributed by atoms with Gasteiger partial charge in [-0.15, -0.1) is 0 Å². The third-order valence-corrected chi connectivity index (χ3v) is 7.00. The number of rotatable bonds is 5. The van der Waals surface area contributed by atoms with Crippen molar-refractivity contribution < 1.29 is 32.2 Å². The van der Waals surface area contributed by atoms with E-state index in [1.54, 1.807) is 45.2 Å². The first-order valence-corrected chi connectivity index (χ1v) is 13.2. The molecule has 5 rings (SSSR count). The molecule has 10 nitrogen and oxygen atoms in total. The monoisotopic (exact) mass is 570 g/mol. The molecule has 1 N–H and O–H groups in total. The van der Waals surface area contributed by atoms with Crippen molar-refractivity contribution >= 4 is 23.3 Å². The van der Waals surface area contributed by atoms with Gasteiger partial charge in [0, 0.05) is 49.7 Å². The van der Waals surface area contributed by atoms with Gasteiger partial charge in [-0.05, 0) is 57.4 Å². The summed E-state index contributed by atoms with van der Waals surface area (Å²) in [5.74, 6) is 0.0921. The zero-order valence-electron chi connectivity index (χ0n) is 22.8. The quantitative estimate of drug-likeness (QED) is 0.440. The Bertz CT molecular complexity index is 1530. The van der Waals surface area contributed by atoms with Crippen LogP contribution in [0.5, 0.6) is 5.75 Å². The number of alkyl halides is 3. The first kappa shape index (κ1) is 28.2. The van der Waals surface area contributed by atoms with Gasteiger partial charge < -0.3 is 19.7 Å². The minimum absolute atomic E-state index is 0.000999. The molecule has 1 saturated heterocycles. The first-order valence-electron chi connectivity index (χ1n) is 13.2. The Balaban J connectivity index is 1.44. The molecule has 1 saturated carbocycles. The number of amides is 2. The third-order valence-electron chi connectivity index (χ3n) is 7.00. The topological polar surface area (TPSA) is 122 Å². The molecule has 3 aromatic heterocycles. The van der Waals surface area contributed by atoms with Crippen LogP contribution >= 0.6 is 0 Å². The van der Waals surface area contributed by atoms with E-state index >= 15 is 0 Å². The van der Waals surface area contributed by atoms with Gasteiger partial charge in [-0.3, -0.25) is 4.79 Å². The number of nitrogens with zero attached hydrogens (tertiary/aromatic N) is 5. The number of anilines is 1. The number of carbonyl (C=O) groups is 2. The zero-order valence-corrected chi connectivity index (χ0v) is 22.8. The van der Waals surface area contributed by atoms with Gasteiger partial charge in [-0.25, -0.2) is 14.3 Å². The number of halogens is 3. The Morgan fingerprint density at radius 2 is 1.85 bits per heavy atom. The van der Waals surface area contributed by atoms with Crippen LogP contribution in [0.2, 0.25) is 0 Å². The molecule has 2 fully saturated rings. The van der Waals surface area contributed by atoms with Crippen LogP contribution in [0.15, 0.2) is 36.7 Å². The number of aromatic nitrogens is 3. The number of nitrogens with one attached hydrogen (secondary N) is 1. The molecule has 1 aliphatic heterocycles. The number of pyridine rings is 2. The number of likely N-dealkylation sites (tertiary alicyclic amines) is 1. The van der Waals surface area contributed by atoms with E-state index in [4.69, 9.17) is 9.47 Å². The van der Waals surface area contributed by atoms with Crippen molar-refractivity contribution in [3.05, 3.63) is 42.4 Å². The van der Waals surface area contributed by atoms with Gasteiger partial charge in [-0.2, -0.15) is 23.5 Å². The smallest absolute Gasteiger partial charge is 0.428 e. The van der Waals surface area contributed by atoms with E-state index in [1.807, 2.05) is 6.07 Å². The summed E-state index contributed by atoms with van der Waals surface area (Å²) >= 11 is 0. The van der Waals surface area contributed by atoms with Gasteiger partial charge in [0.25, 0.3) is 0 Å². The number of hydrogen-bond acceptors (Lipinski definition) is 7. The normalized spacial score (nSPS) is 17.1. The summed E-state index contributed by atoms with van der Waals surface area (Å²) in [6, 6.07) is 8.23. The second kappa shape index (κ2) is 10.2. The van der Waals surface area contributed by atoms with Gasteiger partial charge in [0.15, 0.2) is 5.82 Å². The van der Waals surface area contributed by atoms with Gasteiger partial charge in [-0.1, -0.05) is 0 Å². The lowest BCUT2D eigenvalue weighted by atomic mass is 9.90. The fraction of sp³-hybridized carbons (Fsp3) is 0.464. The Morgan fingerprint density at radius 3 is 2.46 bits per heavy atom. The third kappa shape index (κ3) is 6.06. The predicted molar refractivity (Wildman–Crippen MR) is 141 cm³/mol. The molecule has 216 valence electrons. The maximum Gasteiger partial charge on any atom is 0.428 e. The summed E-state index contributed by atoms with van der Waals surface area (Å²) in [6.45, 7) is 4.62. The van der Waals surface area contributed by atoms with Gasteiger partial charge in [0.05, 0.1) is 11.7 Å². The molecule has 41 heavy (non-hydrogen) atoms. The van der Waals surface area contributed by atoms with Crippen LogP contribution in [0.3, 0.4) is 0 Å². The average molecular weight is 571 g/mol. The Labute approximate surface area is 234 Å². The fourth-order valence-corrected chi connectivity index (χ4v) is 4.64. The van der Waals surface area contributed by atoms with Crippen LogP contribution in [0.1, 0.15) is 52.1 Å². The zero-order chi connectivity index (χ0) is 29.6. The van der Waals surface area contributed by atoms with Gasteiger partial charge in [0.2, 0.25) is 11.5 Å². The molecule has 13 heteroatoms. The van der Waals surface area contributed by atoms with E-state index in [0.29, 0.717) is 16.9 Å². The number of carbonyl (C=O) groups excluding carboxylic acids is 2. The van der Waals surface area contributed by atoms with Crippen LogP contribution in [-0.4, -0.2) is 62.0 Å². The van der Waals surface area contributed by atoms with Crippen molar-refractivity contribution in [1.82, 2.24) is 19.5 Å². The second-order valence-electron chi connectivity index (χ2n) is 11.3. The summed E-state index contributed by atoms with van der Waals surface area (Å²) in [7, 11) is 0. The maximum absolute atomic E-state index is 14.6. The van der Waals surface area contributed by atoms with E-state index < -0.39 is 36.3 Å². The molecule has 2 aliphatic rings. The molecule has 0 bridgehead atoms. The molecule has 0 unspecified atom stereocenters. The lowest BCUT2D eigenvalue weighted by Crippen LogP contribution is -2.58. The van der Waals surface area contributed by atoms with E-state index in [2.05, 4.69) is 15.4 Å². The average Bonchev–Trinajstić information content (AvgIpc) is 3.68. The van der Waals surface area contributed by atoms with Crippen molar-refractivity contribution in [2.45, 2.75) is 63.8 Å². The molecule has 3 aromatic rings. The molecule has 4 heterocycles. The molecule has 0 radical (unpaired) electrons. The van der Waals surface area contributed by atoms with E-state index in [1.165, 1.54) is 15.5 Å².